The molecule has 3 fully saturated rings. The molecule has 0 spiro atoms. The van der Waals surface area contributed by atoms with Crippen molar-refractivity contribution in [1.82, 2.24) is 0 Å². The van der Waals surface area contributed by atoms with E-state index in [1.54, 1.807) is 0 Å². The van der Waals surface area contributed by atoms with Crippen molar-refractivity contribution < 1.29 is 33.7 Å². The second-order valence-corrected chi connectivity index (χ2v) is 7.17. The summed E-state index contributed by atoms with van der Waals surface area (Å²) >= 11 is 0. The highest BCUT2D eigenvalue weighted by Gasteiger charge is 2.61. The van der Waals surface area contributed by atoms with Crippen LogP contribution in [0.25, 0.3) is 0 Å². The second-order valence-electron chi connectivity index (χ2n) is 7.17. The SMILES string of the molecule is CC1C(C)C2CC1C(C(=O)OCCO)C2C(=O)OC1COC(=O)C1. The van der Waals surface area contributed by atoms with Crippen LogP contribution in [0.2, 0.25) is 0 Å². The van der Waals surface area contributed by atoms with Crippen molar-refractivity contribution >= 4 is 17.9 Å². The minimum Gasteiger partial charge on any atom is -0.463 e. The Morgan fingerprint density at radius 3 is 2.33 bits per heavy atom. The van der Waals surface area contributed by atoms with Gasteiger partial charge in [0.05, 0.1) is 24.9 Å². The molecule has 3 aliphatic rings. The molecule has 1 heterocycles. The highest BCUT2D eigenvalue weighted by Crippen LogP contribution is 2.58. The third-order valence-electron chi connectivity index (χ3n) is 6.02. The molecule has 7 atom stereocenters. The number of esters is 3. The maximum Gasteiger partial charge on any atom is 0.310 e. The van der Waals surface area contributed by atoms with Crippen LogP contribution in [0.15, 0.2) is 0 Å². The van der Waals surface area contributed by atoms with Crippen LogP contribution in [0.3, 0.4) is 0 Å². The van der Waals surface area contributed by atoms with E-state index in [0.717, 1.165) is 6.42 Å². The molecule has 0 aromatic heterocycles. The zero-order valence-electron chi connectivity index (χ0n) is 14.0. The molecule has 0 aromatic rings. The molecule has 7 unspecified atom stereocenters. The molecular formula is C17H24O7. The Morgan fingerprint density at radius 2 is 1.79 bits per heavy atom. The molecule has 24 heavy (non-hydrogen) atoms. The number of carbonyl (C=O) groups excluding carboxylic acids is 3. The Labute approximate surface area is 140 Å². The predicted molar refractivity (Wildman–Crippen MR) is 80.4 cm³/mol. The van der Waals surface area contributed by atoms with Gasteiger partial charge >= 0.3 is 17.9 Å². The average Bonchev–Trinajstić information content (AvgIpc) is 3.21. The van der Waals surface area contributed by atoms with E-state index in [-0.39, 0.29) is 44.0 Å². The molecule has 2 saturated carbocycles. The quantitative estimate of drug-likeness (QED) is 0.576. The maximum atomic E-state index is 12.7. The monoisotopic (exact) mass is 340 g/mol. The Hall–Kier alpha value is -1.63. The number of hydrogen-bond acceptors (Lipinski definition) is 7. The van der Waals surface area contributed by atoms with Crippen LogP contribution >= 0.6 is 0 Å². The van der Waals surface area contributed by atoms with Crippen molar-refractivity contribution in [2.75, 3.05) is 19.8 Å². The number of hydrogen-bond donors (Lipinski definition) is 1. The maximum absolute atomic E-state index is 12.7. The summed E-state index contributed by atoms with van der Waals surface area (Å²) < 4.78 is 15.4. The van der Waals surface area contributed by atoms with Crippen LogP contribution in [0, 0.1) is 35.5 Å². The first-order valence-corrected chi connectivity index (χ1v) is 8.57. The third kappa shape index (κ3) is 2.90. The van der Waals surface area contributed by atoms with Crippen molar-refractivity contribution in [3.63, 3.8) is 0 Å². The van der Waals surface area contributed by atoms with Gasteiger partial charge in [-0.3, -0.25) is 14.4 Å². The Morgan fingerprint density at radius 1 is 1.17 bits per heavy atom. The first kappa shape index (κ1) is 17.2. The topological polar surface area (TPSA) is 99.1 Å². The Balaban J connectivity index is 1.74. The smallest absolute Gasteiger partial charge is 0.310 e. The number of ether oxygens (including phenoxy) is 3. The van der Waals surface area contributed by atoms with Gasteiger partial charge in [0.25, 0.3) is 0 Å². The molecule has 1 N–H and O–H groups in total. The molecule has 1 saturated heterocycles. The van der Waals surface area contributed by atoms with E-state index in [0.29, 0.717) is 11.8 Å². The molecule has 2 bridgehead atoms. The van der Waals surface area contributed by atoms with E-state index in [1.807, 2.05) is 0 Å². The van der Waals surface area contributed by atoms with Crippen molar-refractivity contribution in [2.45, 2.75) is 32.8 Å². The lowest BCUT2D eigenvalue weighted by molar-refractivity contribution is -0.169. The summed E-state index contributed by atoms with van der Waals surface area (Å²) in [5.74, 6) is -1.47. The van der Waals surface area contributed by atoms with E-state index in [1.165, 1.54) is 0 Å². The van der Waals surface area contributed by atoms with Crippen molar-refractivity contribution in [3.8, 4) is 0 Å². The molecule has 0 aromatic carbocycles. The van der Waals surface area contributed by atoms with Crippen LogP contribution in [0.4, 0.5) is 0 Å². The molecule has 7 nitrogen and oxygen atoms in total. The van der Waals surface area contributed by atoms with Gasteiger partial charge in [-0.1, -0.05) is 13.8 Å². The zero-order valence-corrected chi connectivity index (χ0v) is 14.0. The zero-order chi connectivity index (χ0) is 17.4. The van der Waals surface area contributed by atoms with Crippen molar-refractivity contribution in [2.24, 2.45) is 35.5 Å². The minimum absolute atomic E-state index is 0.0661. The Bertz CT molecular complexity index is 531. The Kier molecular flexibility index (Phi) is 4.80. The molecule has 2 aliphatic carbocycles. The number of cyclic esters (lactones) is 1. The number of fused-ring (bicyclic) bond motifs is 2. The van der Waals surface area contributed by atoms with Gasteiger partial charge in [-0.05, 0) is 30.1 Å². The number of carbonyl (C=O) groups is 3. The van der Waals surface area contributed by atoms with Gasteiger partial charge in [-0.15, -0.1) is 0 Å². The summed E-state index contributed by atoms with van der Waals surface area (Å²) in [7, 11) is 0. The lowest BCUT2D eigenvalue weighted by Gasteiger charge is -2.36. The van der Waals surface area contributed by atoms with Gasteiger partial charge in [0.1, 0.15) is 19.3 Å². The van der Waals surface area contributed by atoms with Crippen LogP contribution in [-0.2, 0) is 28.6 Å². The first-order valence-electron chi connectivity index (χ1n) is 8.57. The van der Waals surface area contributed by atoms with Gasteiger partial charge in [-0.2, -0.15) is 0 Å². The summed E-state index contributed by atoms with van der Waals surface area (Å²) in [5, 5.41) is 8.86. The van der Waals surface area contributed by atoms with E-state index in [4.69, 9.17) is 19.3 Å². The van der Waals surface area contributed by atoms with Crippen LogP contribution < -0.4 is 0 Å². The second kappa shape index (κ2) is 6.70. The number of aliphatic hydroxyl groups is 1. The number of aliphatic hydroxyl groups excluding tert-OH is 1. The van der Waals surface area contributed by atoms with Crippen LogP contribution in [0.5, 0.6) is 0 Å². The fourth-order valence-corrected chi connectivity index (χ4v) is 4.70. The summed E-state index contributed by atoms with van der Waals surface area (Å²) in [6.07, 6.45) is 0.310. The molecule has 1 aliphatic heterocycles. The van der Waals surface area contributed by atoms with Gasteiger partial charge in [0.2, 0.25) is 0 Å². The van der Waals surface area contributed by atoms with E-state index in [9.17, 15) is 14.4 Å². The molecule has 0 radical (unpaired) electrons. The fraction of sp³-hybridized carbons (Fsp3) is 0.824. The van der Waals surface area contributed by atoms with Crippen molar-refractivity contribution in [3.05, 3.63) is 0 Å². The highest BCUT2D eigenvalue weighted by molar-refractivity contribution is 5.84. The average molecular weight is 340 g/mol. The summed E-state index contributed by atoms with van der Waals surface area (Å²) in [5.41, 5.74) is 0. The largest absolute Gasteiger partial charge is 0.463 e. The van der Waals surface area contributed by atoms with Crippen molar-refractivity contribution in [1.29, 1.82) is 0 Å². The normalized spacial score (nSPS) is 40.5. The molecular weight excluding hydrogens is 316 g/mol. The van der Waals surface area contributed by atoms with E-state index < -0.39 is 29.9 Å². The summed E-state index contributed by atoms with van der Waals surface area (Å²) in [6.45, 7) is 3.98. The van der Waals surface area contributed by atoms with Crippen LogP contribution in [0.1, 0.15) is 26.7 Å². The molecule has 3 rings (SSSR count). The van der Waals surface area contributed by atoms with Gasteiger partial charge in [0.15, 0.2) is 0 Å². The van der Waals surface area contributed by atoms with E-state index in [2.05, 4.69) is 13.8 Å². The first-order chi connectivity index (χ1) is 11.4. The predicted octanol–water partition coefficient (Wildman–Crippen LogP) is 0.535. The van der Waals surface area contributed by atoms with Gasteiger partial charge in [-0.25, -0.2) is 0 Å². The highest BCUT2D eigenvalue weighted by atomic mass is 16.6. The summed E-state index contributed by atoms with van der Waals surface area (Å²) in [6, 6.07) is 0. The minimum atomic E-state index is -0.564. The summed E-state index contributed by atoms with van der Waals surface area (Å²) in [4.78, 5) is 36.3. The number of rotatable bonds is 5. The van der Waals surface area contributed by atoms with Crippen LogP contribution in [-0.4, -0.2) is 48.9 Å². The lowest BCUT2D eigenvalue weighted by atomic mass is 9.69. The molecule has 0 amide bonds. The fourth-order valence-electron chi connectivity index (χ4n) is 4.70. The molecule has 7 heteroatoms. The lowest BCUT2D eigenvalue weighted by Crippen LogP contribution is -2.43. The third-order valence-corrected chi connectivity index (χ3v) is 6.02. The van der Waals surface area contributed by atoms with Gasteiger partial charge in [0, 0.05) is 0 Å². The van der Waals surface area contributed by atoms with Gasteiger partial charge < -0.3 is 19.3 Å². The standard InChI is InChI=1S/C17H24O7/c1-8-9(2)12-6-11(8)14(16(20)22-4-3-18)15(12)17(21)24-10-5-13(19)23-7-10/h8-12,14-15,18H,3-7H2,1-2H3. The molecule has 134 valence electrons. The van der Waals surface area contributed by atoms with E-state index >= 15 is 0 Å².